The molecule has 1 aliphatic heterocycles. The summed E-state index contributed by atoms with van der Waals surface area (Å²) in [6.07, 6.45) is 13.3. The molecule has 0 spiro atoms. The molecular formula is C16H29N3OS. The van der Waals surface area contributed by atoms with E-state index in [4.69, 9.17) is 0 Å². The Bertz CT molecular complexity index is 408. The lowest BCUT2D eigenvalue weighted by Crippen LogP contribution is -2.17. The quantitative estimate of drug-likeness (QED) is 0.653. The smallest absolute Gasteiger partial charge is 0.193 e. The fraction of sp³-hybridized carbons (Fsp3) is 0.875. The summed E-state index contributed by atoms with van der Waals surface area (Å²) in [5.41, 5.74) is 0. The number of hydrogen-bond donors (Lipinski definition) is 1. The van der Waals surface area contributed by atoms with E-state index in [0.29, 0.717) is 0 Å². The minimum atomic E-state index is -0.412. The minimum absolute atomic E-state index is 0.412. The van der Waals surface area contributed by atoms with E-state index in [1.165, 1.54) is 51.4 Å². The third kappa shape index (κ3) is 5.29. The van der Waals surface area contributed by atoms with Crippen LogP contribution in [0.1, 0.15) is 83.2 Å². The summed E-state index contributed by atoms with van der Waals surface area (Å²) in [6.45, 7) is 2.26. The molecule has 1 aromatic heterocycles. The molecule has 4 nitrogen and oxygen atoms in total. The molecule has 1 aliphatic rings. The normalized spacial score (nSPS) is 17.9. The lowest BCUT2D eigenvalue weighted by Gasteiger charge is -2.20. The summed E-state index contributed by atoms with van der Waals surface area (Å²) >= 11 is 1.70. The Morgan fingerprint density at radius 2 is 1.71 bits per heavy atom. The number of aliphatic hydroxyl groups excluding tert-OH is 1. The van der Waals surface area contributed by atoms with E-state index in [2.05, 4.69) is 17.1 Å². The van der Waals surface area contributed by atoms with Crippen LogP contribution in [0.2, 0.25) is 0 Å². The van der Waals surface area contributed by atoms with Gasteiger partial charge in [0.05, 0.1) is 0 Å². The molecule has 0 aromatic carbocycles. The number of aromatic nitrogens is 3. The van der Waals surface area contributed by atoms with Gasteiger partial charge in [-0.3, -0.25) is 4.57 Å². The molecule has 0 bridgehead atoms. The topological polar surface area (TPSA) is 50.9 Å². The van der Waals surface area contributed by atoms with Gasteiger partial charge in [-0.1, -0.05) is 70.1 Å². The number of thioether (sulfide) groups is 1. The molecule has 1 unspecified atom stereocenters. The van der Waals surface area contributed by atoms with Crippen LogP contribution in [0.15, 0.2) is 5.16 Å². The van der Waals surface area contributed by atoms with E-state index in [1.807, 2.05) is 4.57 Å². The Morgan fingerprint density at radius 1 is 1.05 bits per heavy atom. The highest BCUT2D eigenvalue weighted by atomic mass is 32.2. The first-order chi connectivity index (χ1) is 10.3. The largest absolute Gasteiger partial charge is 0.373 e. The van der Waals surface area contributed by atoms with Gasteiger partial charge in [0.1, 0.15) is 12.1 Å². The molecule has 0 radical (unpaired) electrons. The zero-order chi connectivity index (χ0) is 14.9. The van der Waals surface area contributed by atoms with Crippen LogP contribution < -0.4 is 0 Å². The summed E-state index contributed by atoms with van der Waals surface area (Å²) in [5.74, 6) is 1.91. The van der Waals surface area contributed by atoms with Gasteiger partial charge in [-0.2, -0.15) is 0 Å². The van der Waals surface area contributed by atoms with Gasteiger partial charge >= 0.3 is 0 Å². The van der Waals surface area contributed by atoms with Gasteiger partial charge in [-0.25, -0.2) is 0 Å². The van der Waals surface area contributed by atoms with Crippen LogP contribution in [0.4, 0.5) is 0 Å². The average molecular weight is 311 g/mol. The van der Waals surface area contributed by atoms with Gasteiger partial charge in [0.25, 0.3) is 0 Å². The number of aliphatic hydroxyl groups is 1. The molecule has 21 heavy (non-hydrogen) atoms. The van der Waals surface area contributed by atoms with E-state index in [0.717, 1.165) is 36.0 Å². The maximum Gasteiger partial charge on any atom is 0.193 e. The highest BCUT2D eigenvalue weighted by molar-refractivity contribution is 7.99. The molecule has 0 aliphatic carbocycles. The van der Waals surface area contributed by atoms with E-state index >= 15 is 0 Å². The minimum Gasteiger partial charge on any atom is -0.373 e. The van der Waals surface area contributed by atoms with Gasteiger partial charge < -0.3 is 5.11 Å². The lowest BCUT2D eigenvalue weighted by molar-refractivity contribution is 0.0853. The Balaban J connectivity index is 1.58. The van der Waals surface area contributed by atoms with Crippen LogP contribution in [0.25, 0.3) is 0 Å². The SMILES string of the molecule is CCCCCCCCCCCc1nnc2n1C(O)CCS2. The van der Waals surface area contributed by atoms with Gasteiger partial charge in [0, 0.05) is 18.6 Å². The fourth-order valence-electron chi connectivity index (χ4n) is 2.85. The number of nitrogens with zero attached hydrogens (tertiary/aromatic N) is 3. The first kappa shape index (κ1) is 16.8. The summed E-state index contributed by atoms with van der Waals surface area (Å²) in [7, 11) is 0. The van der Waals surface area contributed by atoms with Gasteiger partial charge in [-0.05, 0) is 6.42 Å². The average Bonchev–Trinajstić information content (AvgIpc) is 2.90. The number of rotatable bonds is 10. The third-order valence-corrected chi connectivity index (χ3v) is 5.12. The molecule has 0 saturated carbocycles. The van der Waals surface area contributed by atoms with Crippen molar-refractivity contribution in [2.24, 2.45) is 0 Å². The zero-order valence-corrected chi connectivity index (χ0v) is 14.1. The highest BCUT2D eigenvalue weighted by Crippen LogP contribution is 2.30. The number of hydrogen-bond acceptors (Lipinski definition) is 4. The predicted molar refractivity (Wildman–Crippen MR) is 87.5 cm³/mol. The van der Waals surface area contributed by atoms with Crippen molar-refractivity contribution in [2.75, 3.05) is 5.75 Å². The van der Waals surface area contributed by atoms with E-state index in [9.17, 15) is 5.11 Å². The Hall–Kier alpha value is -0.550. The molecule has 1 atom stereocenters. The summed E-state index contributed by atoms with van der Waals surface area (Å²) < 4.78 is 1.93. The standard InChI is InChI=1S/C16H29N3OS/c1-2-3-4-5-6-7-8-9-10-11-14-17-18-16-19(14)15(20)12-13-21-16/h15,20H,2-13H2,1H3. The molecule has 2 rings (SSSR count). The van der Waals surface area contributed by atoms with Crippen molar-refractivity contribution >= 4 is 11.8 Å². The van der Waals surface area contributed by atoms with Crippen LogP contribution in [0, 0.1) is 0 Å². The molecule has 2 heterocycles. The third-order valence-electron chi connectivity index (χ3n) is 4.14. The van der Waals surface area contributed by atoms with E-state index < -0.39 is 6.23 Å². The Labute approximate surface area is 132 Å². The van der Waals surface area contributed by atoms with Gasteiger partial charge in [0.15, 0.2) is 5.16 Å². The van der Waals surface area contributed by atoms with Crippen molar-refractivity contribution in [2.45, 2.75) is 88.9 Å². The van der Waals surface area contributed by atoms with Crippen molar-refractivity contribution in [3.8, 4) is 0 Å². The van der Waals surface area contributed by atoms with E-state index in [-0.39, 0.29) is 0 Å². The van der Waals surface area contributed by atoms with Crippen molar-refractivity contribution in [1.82, 2.24) is 14.8 Å². The van der Waals surface area contributed by atoms with Crippen molar-refractivity contribution in [3.63, 3.8) is 0 Å². The fourth-order valence-corrected chi connectivity index (χ4v) is 3.83. The second-order valence-electron chi connectivity index (χ2n) is 5.96. The monoisotopic (exact) mass is 311 g/mol. The second-order valence-corrected chi connectivity index (χ2v) is 7.03. The molecular weight excluding hydrogens is 282 g/mol. The van der Waals surface area contributed by atoms with Crippen LogP contribution in [-0.2, 0) is 6.42 Å². The van der Waals surface area contributed by atoms with E-state index in [1.54, 1.807) is 11.8 Å². The number of fused-ring (bicyclic) bond motifs is 1. The van der Waals surface area contributed by atoms with Crippen LogP contribution >= 0.6 is 11.8 Å². The summed E-state index contributed by atoms with van der Waals surface area (Å²) in [5, 5.41) is 19.4. The lowest BCUT2D eigenvalue weighted by atomic mass is 10.1. The summed E-state index contributed by atoms with van der Waals surface area (Å²) in [4.78, 5) is 0. The van der Waals surface area contributed by atoms with Crippen molar-refractivity contribution < 1.29 is 5.11 Å². The van der Waals surface area contributed by atoms with Crippen LogP contribution in [-0.4, -0.2) is 25.6 Å². The molecule has 5 heteroatoms. The number of aryl methyl sites for hydroxylation is 1. The second kappa shape index (κ2) is 9.46. The highest BCUT2D eigenvalue weighted by Gasteiger charge is 2.22. The molecule has 0 fully saturated rings. The van der Waals surface area contributed by atoms with Gasteiger partial charge in [-0.15, -0.1) is 10.2 Å². The van der Waals surface area contributed by atoms with Crippen LogP contribution in [0.5, 0.6) is 0 Å². The zero-order valence-electron chi connectivity index (χ0n) is 13.3. The predicted octanol–water partition coefficient (Wildman–Crippen LogP) is 4.34. The molecule has 1 N–H and O–H groups in total. The maximum atomic E-state index is 10.0. The van der Waals surface area contributed by atoms with Crippen molar-refractivity contribution in [1.29, 1.82) is 0 Å². The van der Waals surface area contributed by atoms with Gasteiger partial charge in [0.2, 0.25) is 0 Å². The molecule has 0 saturated heterocycles. The molecule has 120 valence electrons. The maximum absolute atomic E-state index is 10.0. The van der Waals surface area contributed by atoms with Crippen molar-refractivity contribution in [3.05, 3.63) is 5.82 Å². The number of unbranched alkanes of at least 4 members (excludes halogenated alkanes) is 8. The van der Waals surface area contributed by atoms with Crippen LogP contribution in [0.3, 0.4) is 0 Å². The molecule has 1 aromatic rings. The Kier molecular flexibility index (Phi) is 7.58. The summed E-state index contributed by atoms with van der Waals surface area (Å²) in [6, 6.07) is 0. The Morgan fingerprint density at radius 3 is 2.43 bits per heavy atom. The first-order valence-electron chi connectivity index (χ1n) is 8.57. The molecule has 0 amide bonds. The first-order valence-corrected chi connectivity index (χ1v) is 9.56.